The number of halogens is 6. The van der Waals surface area contributed by atoms with E-state index in [1.165, 1.54) is 0 Å². The summed E-state index contributed by atoms with van der Waals surface area (Å²) in [5, 5.41) is -1.45. The van der Waals surface area contributed by atoms with E-state index < -0.39 is 41.7 Å². The number of aromatic nitrogens is 1. The lowest BCUT2D eigenvalue weighted by atomic mass is 10.1. The Balaban J connectivity index is 3.40. The molecule has 0 atom stereocenters. The Labute approximate surface area is 108 Å². The summed E-state index contributed by atoms with van der Waals surface area (Å²) >= 11 is 4.98. The molecule has 4 nitrogen and oxygen atoms in total. The summed E-state index contributed by atoms with van der Waals surface area (Å²) in [6.07, 6.45) is -8.24. The van der Waals surface area contributed by atoms with E-state index in [0.717, 1.165) is 0 Å². The van der Waals surface area contributed by atoms with Crippen LogP contribution in [0.2, 0.25) is 0 Å². The number of pyridine rings is 1. The lowest BCUT2D eigenvalue weighted by Gasteiger charge is -2.14. The number of nitrogens with two attached hydrogens (primary N) is 1. The minimum atomic E-state index is -5.12. The van der Waals surface area contributed by atoms with Gasteiger partial charge in [0.2, 0.25) is 0 Å². The van der Waals surface area contributed by atoms with E-state index in [1.54, 1.807) is 0 Å². The van der Waals surface area contributed by atoms with Crippen LogP contribution < -0.4 is 10.5 Å². The number of ether oxygens (including phenoxy) is 1. The van der Waals surface area contributed by atoms with Crippen molar-refractivity contribution in [1.29, 1.82) is 0 Å². The third-order valence-electron chi connectivity index (χ3n) is 1.94. The molecule has 0 spiro atoms. The highest BCUT2D eigenvalue weighted by Gasteiger charge is 2.34. The summed E-state index contributed by atoms with van der Waals surface area (Å²) < 4.78 is 65.0. The molecule has 1 heterocycles. The van der Waals surface area contributed by atoms with Gasteiger partial charge < -0.3 is 10.5 Å². The second-order valence-corrected chi connectivity index (χ2v) is 3.55. The molecule has 0 unspecified atom stereocenters. The highest BCUT2D eigenvalue weighted by atomic mass is 35.5. The molecule has 0 aliphatic heterocycles. The van der Waals surface area contributed by atoms with Gasteiger partial charge in [0.25, 0.3) is 11.7 Å². The topological polar surface area (TPSA) is 65.2 Å². The van der Waals surface area contributed by atoms with E-state index >= 15 is 0 Å². The molecule has 1 aromatic rings. The minimum Gasteiger partial charge on any atom is -0.403 e. The molecule has 0 amide bonds. The first-order valence-electron chi connectivity index (χ1n) is 4.63. The molecule has 0 saturated heterocycles. The van der Waals surface area contributed by atoms with Gasteiger partial charge in [-0.15, -0.1) is 13.2 Å². The Bertz CT molecular complexity index is 492. The van der Waals surface area contributed by atoms with Crippen LogP contribution in [0, 0.1) is 0 Å². The molecule has 2 N–H and O–H groups in total. The van der Waals surface area contributed by atoms with E-state index in [4.69, 9.17) is 17.3 Å². The quantitative estimate of drug-likeness (QED) is 0.686. The fourth-order valence-electron chi connectivity index (χ4n) is 1.24. The molecular weight excluding hydrogens is 299 g/mol. The first-order chi connectivity index (χ1) is 8.65. The lowest BCUT2D eigenvalue weighted by Crippen LogP contribution is -2.20. The van der Waals surface area contributed by atoms with Gasteiger partial charge in [-0.1, -0.05) is 0 Å². The second kappa shape index (κ2) is 5.66. The van der Waals surface area contributed by atoms with E-state index in [-0.39, 0.29) is 5.56 Å². The average Bonchev–Trinajstić information content (AvgIpc) is 2.25. The van der Waals surface area contributed by atoms with Crippen LogP contribution >= 0.6 is 11.6 Å². The van der Waals surface area contributed by atoms with Gasteiger partial charge >= 0.3 is 6.36 Å². The highest BCUT2D eigenvalue weighted by molar-refractivity contribution is 6.67. The van der Waals surface area contributed by atoms with Crippen molar-refractivity contribution >= 4 is 16.8 Å². The summed E-state index contributed by atoms with van der Waals surface area (Å²) in [5.41, 5.74) is 2.78. The SMILES string of the molecule is NCc1cc(OC(F)(F)F)c(C(=O)Cl)nc1C(F)F. The molecule has 0 radical (unpaired) electrons. The molecule has 0 bridgehead atoms. The predicted octanol–water partition coefficient (Wildman–Crippen LogP) is 2.76. The molecule has 106 valence electrons. The van der Waals surface area contributed by atoms with Crippen LogP contribution in [0.3, 0.4) is 0 Å². The molecular formula is C9H6ClF5N2O2. The van der Waals surface area contributed by atoms with E-state index in [1.807, 2.05) is 0 Å². The Morgan fingerprint density at radius 2 is 2.05 bits per heavy atom. The fraction of sp³-hybridized carbons (Fsp3) is 0.333. The summed E-state index contributed by atoms with van der Waals surface area (Å²) in [7, 11) is 0. The summed E-state index contributed by atoms with van der Waals surface area (Å²) in [6.45, 7) is -0.502. The smallest absolute Gasteiger partial charge is 0.403 e. The van der Waals surface area contributed by atoms with Crippen molar-refractivity contribution in [3.8, 4) is 5.75 Å². The predicted molar refractivity (Wildman–Crippen MR) is 54.0 cm³/mol. The molecule has 19 heavy (non-hydrogen) atoms. The molecule has 0 saturated carbocycles. The van der Waals surface area contributed by atoms with E-state index in [0.29, 0.717) is 6.07 Å². The second-order valence-electron chi connectivity index (χ2n) is 3.21. The molecule has 0 aliphatic carbocycles. The zero-order valence-electron chi connectivity index (χ0n) is 8.97. The first kappa shape index (κ1) is 15.6. The third kappa shape index (κ3) is 4.00. The van der Waals surface area contributed by atoms with Crippen LogP contribution in [0.4, 0.5) is 22.0 Å². The van der Waals surface area contributed by atoms with Gasteiger partial charge in [-0.25, -0.2) is 13.8 Å². The number of carbonyl (C=O) groups excluding carboxylic acids is 1. The maximum atomic E-state index is 12.6. The number of hydrogen-bond donors (Lipinski definition) is 1. The zero-order chi connectivity index (χ0) is 14.8. The van der Waals surface area contributed by atoms with Gasteiger partial charge in [0.05, 0.1) is 0 Å². The molecule has 1 aromatic heterocycles. The van der Waals surface area contributed by atoms with Crippen molar-refractivity contribution in [1.82, 2.24) is 4.98 Å². The molecule has 0 fully saturated rings. The summed E-state index contributed by atoms with van der Waals surface area (Å²) in [4.78, 5) is 14.0. The fourth-order valence-corrected chi connectivity index (χ4v) is 1.38. The maximum absolute atomic E-state index is 12.6. The van der Waals surface area contributed by atoms with E-state index in [2.05, 4.69) is 9.72 Å². The van der Waals surface area contributed by atoms with Crippen molar-refractivity contribution in [2.75, 3.05) is 0 Å². The van der Waals surface area contributed by atoms with Crippen LogP contribution in [-0.4, -0.2) is 16.6 Å². The van der Waals surface area contributed by atoms with Gasteiger partial charge in [-0.2, -0.15) is 0 Å². The lowest BCUT2D eigenvalue weighted by molar-refractivity contribution is -0.274. The van der Waals surface area contributed by atoms with Crippen molar-refractivity contribution in [3.05, 3.63) is 23.0 Å². The number of carbonyl (C=O) groups is 1. The van der Waals surface area contributed by atoms with Crippen molar-refractivity contribution in [3.63, 3.8) is 0 Å². The third-order valence-corrected chi connectivity index (χ3v) is 2.12. The van der Waals surface area contributed by atoms with Gasteiger partial charge in [0.1, 0.15) is 5.69 Å². The Morgan fingerprint density at radius 1 is 1.47 bits per heavy atom. The average molecular weight is 305 g/mol. The minimum absolute atomic E-state index is 0.379. The zero-order valence-corrected chi connectivity index (χ0v) is 9.73. The summed E-state index contributed by atoms with van der Waals surface area (Å²) in [6, 6.07) is 0.567. The molecule has 0 aromatic carbocycles. The molecule has 1 rings (SSSR count). The Kier molecular flexibility index (Phi) is 4.64. The number of hydrogen-bond acceptors (Lipinski definition) is 4. The number of nitrogens with zero attached hydrogens (tertiary/aromatic N) is 1. The standard InChI is InChI=1S/C9H6ClF5N2O2/c10-7(18)6-4(19-9(13,14)15)1-3(2-16)5(17-6)8(11)12/h1,8H,2,16H2. The monoisotopic (exact) mass is 304 g/mol. The van der Waals surface area contributed by atoms with Gasteiger partial charge in [0.15, 0.2) is 11.4 Å². The van der Waals surface area contributed by atoms with Crippen LogP contribution in [0.5, 0.6) is 5.75 Å². The maximum Gasteiger partial charge on any atom is 0.573 e. The number of rotatable bonds is 4. The van der Waals surface area contributed by atoms with Gasteiger partial charge in [-0.05, 0) is 23.2 Å². The molecule has 10 heteroatoms. The van der Waals surface area contributed by atoms with Crippen molar-refractivity contribution < 1.29 is 31.5 Å². The van der Waals surface area contributed by atoms with Crippen LogP contribution in [0.25, 0.3) is 0 Å². The van der Waals surface area contributed by atoms with Gasteiger partial charge in [-0.3, -0.25) is 4.79 Å². The van der Waals surface area contributed by atoms with Crippen molar-refractivity contribution in [2.24, 2.45) is 5.73 Å². The van der Waals surface area contributed by atoms with Crippen LogP contribution in [0.1, 0.15) is 28.2 Å². The molecule has 0 aliphatic rings. The highest BCUT2D eigenvalue weighted by Crippen LogP contribution is 2.31. The van der Waals surface area contributed by atoms with E-state index in [9.17, 15) is 26.7 Å². The summed E-state index contributed by atoms with van der Waals surface area (Å²) in [5.74, 6) is -1.07. The Hall–Kier alpha value is -1.48. The van der Waals surface area contributed by atoms with Crippen molar-refractivity contribution in [2.45, 2.75) is 19.3 Å². The Morgan fingerprint density at radius 3 is 2.42 bits per heavy atom. The largest absolute Gasteiger partial charge is 0.573 e. The van der Waals surface area contributed by atoms with Crippen LogP contribution in [0.15, 0.2) is 6.07 Å². The van der Waals surface area contributed by atoms with Crippen LogP contribution in [-0.2, 0) is 6.54 Å². The number of alkyl halides is 5. The first-order valence-corrected chi connectivity index (χ1v) is 5.01. The normalized spacial score (nSPS) is 11.8. The van der Waals surface area contributed by atoms with Gasteiger partial charge in [0, 0.05) is 6.54 Å².